The van der Waals surface area contributed by atoms with Gasteiger partial charge < -0.3 is 20.3 Å². The van der Waals surface area contributed by atoms with Crippen molar-refractivity contribution >= 4 is 17.5 Å². The molecule has 1 aliphatic heterocycles. The molecule has 0 atom stereocenters. The Morgan fingerprint density at radius 3 is 2.58 bits per heavy atom. The van der Waals surface area contributed by atoms with E-state index in [1.54, 1.807) is 6.20 Å². The Labute approximate surface area is 182 Å². The molecule has 6 nitrogen and oxygen atoms in total. The number of nitrogens with one attached hydrogen (secondary N) is 2. The molecular formula is C25H24N4O2. The number of morpholine rings is 1. The standard InChI is InChI=1S/C25H24N4O2/c30-25(27-19-22-9-5-13-26-24(22)29-14-16-31-17-15-29)28-23-10-4-8-21(18-23)12-11-20-6-2-1-3-7-20/h1-10,13,18H,14-17,19H2,(H2,27,28,30). The van der Waals surface area contributed by atoms with Gasteiger partial charge in [-0.05, 0) is 36.4 Å². The summed E-state index contributed by atoms with van der Waals surface area (Å²) >= 11 is 0. The smallest absolute Gasteiger partial charge is 0.319 e. The fourth-order valence-corrected chi connectivity index (χ4v) is 3.32. The highest BCUT2D eigenvalue weighted by Crippen LogP contribution is 2.18. The van der Waals surface area contributed by atoms with E-state index in [2.05, 4.69) is 32.4 Å². The van der Waals surface area contributed by atoms with E-state index in [4.69, 9.17) is 4.74 Å². The maximum Gasteiger partial charge on any atom is 0.319 e. The van der Waals surface area contributed by atoms with Gasteiger partial charge in [-0.3, -0.25) is 0 Å². The number of amides is 2. The first-order chi connectivity index (χ1) is 15.3. The van der Waals surface area contributed by atoms with Gasteiger partial charge in [-0.1, -0.05) is 42.2 Å². The van der Waals surface area contributed by atoms with Crippen molar-refractivity contribution in [1.82, 2.24) is 10.3 Å². The zero-order chi connectivity index (χ0) is 21.3. The lowest BCUT2D eigenvalue weighted by molar-refractivity contribution is 0.122. The van der Waals surface area contributed by atoms with Gasteiger partial charge in [-0.2, -0.15) is 0 Å². The van der Waals surface area contributed by atoms with E-state index in [0.29, 0.717) is 25.4 Å². The molecule has 4 rings (SSSR count). The monoisotopic (exact) mass is 412 g/mol. The highest BCUT2D eigenvalue weighted by atomic mass is 16.5. The molecule has 0 saturated carbocycles. The van der Waals surface area contributed by atoms with E-state index in [1.807, 2.05) is 66.7 Å². The zero-order valence-corrected chi connectivity index (χ0v) is 17.2. The maximum absolute atomic E-state index is 12.5. The number of anilines is 2. The number of aromatic nitrogens is 1. The molecule has 1 fully saturated rings. The Kier molecular flexibility index (Phi) is 6.78. The predicted octanol–water partition coefficient (Wildman–Crippen LogP) is 3.64. The maximum atomic E-state index is 12.5. The molecule has 156 valence electrons. The summed E-state index contributed by atoms with van der Waals surface area (Å²) in [5, 5.41) is 5.80. The Hall–Kier alpha value is -3.82. The van der Waals surface area contributed by atoms with Gasteiger partial charge in [0.05, 0.1) is 13.2 Å². The fraction of sp³-hybridized carbons (Fsp3) is 0.200. The van der Waals surface area contributed by atoms with Crippen molar-refractivity contribution in [2.24, 2.45) is 0 Å². The van der Waals surface area contributed by atoms with Gasteiger partial charge in [0, 0.05) is 48.2 Å². The van der Waals surface area contributed by atoms with Crippen LogP contribution in [0.2, 0.25) is 0 Å². The molecule has 0 aliphatic carbocycles. The lowest BCUT2D eigenvalue weighted by atomic mass is 10.1. The Balaban J connectivity index is 1.36. The highest BCUT2D eigenvalue weighted by Gasteiger charge is 2.16. The van der Waals surface area contributed by atoms with Crippen LogP contribution in [0.15, 0.2) is 72.9 Å². The molecule has 31 heavy (non-hydrogen) atoms. The largest absolute Gasteiger partial charge is 0.378 e. The molecule has 1 aliphatic rings. The molecule has 0 radical (unpaired) electrons. The van der Waals surface area contributed by atoms with Crippen LogP contribution in [-0.4, -0.2) is 37.3 Å². The number of nitrogens with zero attached hydrogens (tertiary/aromatic N) is 2. The minimum Gasteiger partial charge on any atom is -0.378 e. The van der Waals surface area contributed by atoms with Crippen LogP contribution in [0.5, 0.6) is 0 Å². The predicted molar refractivity (Wildman–Crippen MR) is 122 cm³/mol. The molecule has 2 heterocycles. The normalized spacial score (nSPS) is 13.1. The van der Waals surface area contributed by atoms with Gasteiger partial charge in [0.1, 0.15) is 5.82 Å². The number of carbonyl (C=O) groups excluding carboxylic acids is 1. The van der Waals surface area contributed by atoms with E-state index >= 15 is 0 Å². The lowest BCUT2D eigenvalue weighted by Gasteiger charge is -2.29. The van der Waals surface area contributed by atoms with Crippen LogP contribution >= 0.6 is 0 Å². The summed E-state index contributed by atoms with van der Waals surface area (Å²) in [6, 6.07) is 20.9. The first-order valence-electron chi connectivity index (χ1n) is 10.3. The third-order valence-electron chi connectivity index (χ3n) is 4.86. The van der Waals surface area contributed by atoms with Crippen molar-refractivity contribution in [3.63, 3.8) is 0 Å². The Morgan fingerprint density at radius 2 is 1.74 bits per heavy atom. The first kappa shape index (κ1) is 20.5. The van der Waals surface area contributed by atoms with E-state index in [9.17, 15) is 4.79 Å². The van der Waals surface area contributed by atoms with E-state index in [1.165, 1.54) is 0 Å². The van der Waals surface area contributed by atoms with Crippen molar-refractivity contribution in [3.05, 3.63) is 89.6 Å². The van der Waals surface area contributed by atoms with E-state index in [0.717, 1.165) is 35.6 Å². The van der Waals surface area contributed by atoms with Crippen LogP contribution in [0, 0.1) is 11.8 Å². The fourth-order valence-electron chi connectivity index (χ4n) is 3.32. The number of hydrogen-bond acceptors (Lipinski definition) is 4. The molecule has 2 amide bonds. The van der Waals surface area contributed by atoms with Crippen LogP contribution < -0.4 is 15.5 Å². The summed E-state index contributed by atoms with van der Waals surface area (Å²) in [6.45, 7) is 3.36. The molecular weight excluding hydrogens is 388 g/mol. The number of hydrogen-bond donors (Lipinski definition) is 2. The number of pyridine rings is 1. The van der Waals surface area contributed by atoms with Crippen molar-refractivity contribution < 1.29 is 9.53 Å². The number of urea groups is 1. The van der Waals surface area contributed by atoms with Gasteiger partial charge in [0.2, 0.25) is 0 Å². The van der Waals surface area contributed by atoms with Gasteiger partial charge >= 0.3 is 6.03 Å². The number of benzene rings is 2. The minimum absolute atomic E-state index is 0.273. The first-order valence-corrected chi connectivity index (χ1v) is 10.3. The molecule has 2 aromatic carbocycles. The molecule has 6 heteroatoms. The molecule has 1 saturated heterocycles. The van der Waals surface area contributed by atoms with Crippen LogP contribution in [0.3, 0.4) is 0 Å². The van der Waals surface area contributed by atoms with Crippen molar-refractivity contribution in [1.29, 1.82) is 0 Å². The summed E-state index contributed by atoms with van der Waals surface area (Å²) in [6.07, 6.45) is 1.77. The Bertz CT molecular complexity index is 1080. The lowest BCUT2D eigenvalue weighted by Crippen LogP contribution is -2.38. The molecule has 0 unspecified atom stereocenters. The van der Waals surface area contributed by atoms with Crippen LogP contribution in [-0.2, 0) is 11.3 Å². The zero-order valence-electron chi connectivity index (χ0n) is 17.2. The average molecular weight is 412 g/mol. The quantitative estimate of drug-likeness (QED) is 0.642. The van der Waals surface area contributed by atoms with Gasteiger partial charge in [-0.25, -0.2) is 9.78 Å². The van der Waals surface area contributed by atoms with Crippen molar-refractivity contribution in [3.8, 4) is 11.8 Å². The van der Waals surface area contributed by atoms with Gasteiger partial charge in [0.15, 0.2) is 0 Å². The van der Waals surface area contributed by atoms with Crippen LogP contribution in [0.1, 0.15) is 16.7 Å². The molecule has 0 spiro atoms. The van der Waals surface area contributed by atoms with Gasteiger partial charge in [-0.15, -0.1) is 0 Å². The van der Waals surface area contributed by atoms with Crippen LogP contribution in [0.4, 0.5) is 16.3 Å². The van der Waals surface area contributed by atoms with Crippen LogP contribution in [0.25, 0.3) is 0 Å². The Morgan fingerprint density at radius 1 is 0.968 bits per heavy atom. The summed E-state index contributed by atoms with van der Waals surface area (Å²) in [4.78, 5) is 19.1. The highest BCUT2D eigenvalue weighted by molar-refractivity contribution is 5.89. The summed E-state index contributed by atoms with van der Waals surface area (Å²) in [7, 11) is 0. The third kappa shape index (κ3) is 5.84. The SMILES string of the molecule is O=C(NCc1cccnc1N1CCOCC1)Nc1cccc(C#Cc2ccccc2)c1. The minimum atomic E-state index is -0.273. The summed E-state index contributed by atoms with van der Waals surface area (Å²) in [5.41, 5.74) is 3.45. The van der Waals surface area contributed by atoms with Crippen molar-refractivity contribution in [2.75, 3.05) is 36.5 Å². The topological polar surface area (TPSA) is 66.5 Å². The van der Waals surface area contributed by atoms with Gasteiger partial charge in [0.25, 0.3) is 0 Å². The molecule has 0 bridgehead atoms. The molecule has 1 aromatic heterocycles. The molecule has 2 N–H and O–H groups in total. The number of carbonyl (C=O) groups is 1. The third-order valence-corrected chi connectivity index (χ3v) is 4.86. The number of ether oxygens (including phenoxy) is 1. The second-order valence-corrected chi connectivity index (χ2v) is 7.09. The van der Waals surface area contributed by atoms with E-state index < -0.39 is 0 Å². The number of rotatable bonds is 4. The second-order valence-electron chi connectivity index (χ2n) is 7.09. The summed E-state index contributed by atoms with van der Waals surface area (Å²) < 4.78 is 5.42. The van der Waals surface area contributed by atoms with Crippen molar-refractivity contribution in [2.45, 2.75) is 6.54 Å². The second kappa shape index (κ2) is 10.3. The summed E-state index contributed by atoms with van der Waals surface area (Å²) in [5.74, 6) is 7.15. The van der Waals surface area contributed by atoms with E-state index in [-0.39, 0.29) is 6.03 Å². The average Bonchev–Trinajstić information content (AvgIpc) is 2.83. The molecule has 3 aromatic rings.